The molecule has 0 spiro atoms. The Kier molecular flexibility index (Phi) is 3.99. The minimum Gasteiger partial charge on any atom is -0.378 e. The lowest BCUT2D eigenvalue weighted by atomic mass is 9.78. The zero-order valence-electron chi connectivity index (χ0n) is 10.1. The van der Waals surface area contributed by atoms with Gasteiger partial charge in [-0.2, -0.15) is 5.10 Å². The molecule has 0 saturated heterocycles. The van der Waals surface area contributed by atoms with Crippen LogP contribution in [0.25, 0.3) is 0 Å². The minimum absolute atomic E-state index is 0.164. The summed E-state index contributed by atoms with van der Waals surface area (Å²) in [6.45, 7) is 2.77. The van der Waals surface area contributed by atoms with Crippen molar-refractivity contribution in [1.82, 2.24) is 9.78 Å². The van der Waals surface area contributed by atoms with E-state index in [0.717, 1.165) is 23.9 Å². The van der Waals surface area contributed by atoms with E-state index in [1.54, 1.807) is 17.9 Å². The first-order valence-corrected chi connectivity index (χ1v) is 6.73. The van der Waals surface area contributed by atoms with Crippen molar-refractivity contribution >= 4 is 21.7 Å². The molecule has 0 radical (unpaired) electrons. The molecule has 1 aliphatic rings. The number of Topliss-reactive ketones (excluding diaryl/α,β-unsaturated/α-hetero) is 1. The molecule has 1 fully saturated rings. The average Bonchev–Trinajstić information content (AvgIpc) is 2.55. The molecule has 94 valence electrons. The highest BCUT2D eigenvalue weighted by molar-refractivity contribution is 9.10. The summed E-state index contributed by atoms with van der Waals surface area (Å²) in [5.74, 6) is 0.637. The van der Waals surface area contributed by atoms with E-state index < -0.39 is 0 Å². The second kappa shape index (κ2) is 5.31. The number of hydrogen-bond acceptors (Lipinski definition) is 3. The first-order valence-electron chi connectivity index (χ1n) is 5.94. The van der Waals surface area contributed by atoms with Gasteiger partial charge in [-0.25, -0.2) is 0 Å². The van der Waals surface area contributed by atoms with E-state index in [9.17, 15) is 4.79 Å². The van der Waals surface area contributed by atoms with Gasteiger partial charge in [-0.05, 0) is 41.6 Å². The number of aromatic nitrogens is 2. The summed E-state index contributed by atoms with van der Waals surface area (Å²) in [6.07, 6.45) is 4.65. The fraction of sp³-hybridized carbons (Fsp3) is 0.667. The Bertz CT molecular complexity index is 391. The molecule has 0 unspecified atom stereocenters. The summed E-state index contributed by atoms with van der Waals surface area (Å²) < 4.78 is 7.90. The first kappa shape index (κ1) is 12.8. The third-order valence-electron chi connectivity index (χ3n) is 3.23. The summed E-state index contributed by atoms with van der Waals surface area (Å²) in [5, 5.41) is 4.06. The lowest BCUT2D eigenvalue weighted by molar-refractivity contribution is -0.0246. The van der Waals surface area contributed by atoms with Crippen molar-refractivity contribution in [2.45, 2.75) is 32.3 Å². The molecule has 0 aromatic carbocycles. The highest BCUT2D eigenvalue weighted by Crippen LogP contribution is 2.34. The lowest BCUT2D eigenvalue weighted by Gasteiger charge is -2.34. The molecule has 5 heteroatoms. The molecule has 1 aromatic rings. The number of carbonyl (C=O) groups is 1. The molecule has 1 saturated carbocycles. The topological polar surface area (TPSA) is 44.1 Å². The fourth-order valence-corrected chi connectivity index (χ4v) is 2.87. The number of aryl methyl sites for hydroxylation is 1. The summed E-state index contributed by atoms with van der Waals surface area (Å²) in [5.41, 5.74) is 0.671. The number of ketones is 1. The molecule has 0 aliphatic heterocycles. The molecule has 2 rings (SSSR count). The largest absolute Gasteiger partial charge is 0.378 e. The van der Waals surface area contributed by atoms with E-state index in [0.29, 0.717) is 24.1 Å². The van der Waals surface area contributed by atoms with Gasteiger partial charge in [0.1, 0.15) is 5.69 Å². The van der Waals surface area contributed by atoms with Gasteiger partial charge in [0.15, 0.2) is 5.78 Å². The molecule has 1 aromatic heterocycles. The summed E-state index contributed by atoms with van der Waals surface area (Å²) in [7, 11) is 1.79. The summed E-state index contributed by atoms with van der Waals surface area (Å²) >= 11 is 3.36. The van der Waals surface area contributed by atoms with Gasteiger partial charge >= 0.3 is 0 Å². The van der Waals surface area contributed by atoms with Gasteiger partial charge in [0.2, 0.25) is 0 Å². The maximum Gasteiger partial charge on any atom is 0.182 e. The van der Waals surface area contributed by atoms with Crippen LogP contribution in [-0.4, -0.2) is 28.3 Å². The SMILES string of the molecule is CCOC1CC(CC(=O)c2c(Br)cnn2C)C1. The van der Waals surface area contributed by atoms with Crippen LogP contribution in [0.4, 0.5) is 0 Å². The third kappa shape index (κ3) is 2.77. The molecule has 4 nitrogen and oxygen atoms in total. The predicted octanol–water partition coefficient (Wildman–Crippen LogP) is 2.57. The second-order valence-electron chi connectivity index (χ2n) is 4.51. The minimum atomic E-state index is 0.164. The van der Waals surface area contributed by atoms with Crippen LogP contribution in [0.15, 0.2) is 10.7 Å². The van der Waals surface area contributed by atoms with Crippen molar-refractivity contribution < 1.29 is 9.53 Å². The average molecular weight is 301 g/mol. The standard InChI is InChI=1S/C12H17BrN2O2/c1-3-17-9-4-8(5-9)6-11(16)12-10(13)7-14-15(12)2/h7-9H,3-6H2,1-2H3. The van der Waals surface area contributed by atoms with Gasteiger partial charge < -0.3 is 4.74 Å². The van der Waals surface area contributed by atoms with Crippen molar-refractivity contribution in [2.24, 2.45) is 13.0 Å². The summed E-state index contributed by atoms with van der Waals surface area (Å²) in [4.78, 5) is 12.1. The van der Waals surface area contributed by atoms with E-state index in [-0.39, 0.29) is 5.78 Å². The number of nitrogens with zero attached hydrogens (tertiary/aromatic N) is 2. The van der Waals surface area contributed by atoms with E-state index in [1.165, 1.54) is 0 Å². The van der Waals surface area contributed by atoms with Crippen LogP contribution < -0.4 is 0 Å². The Morgan fingerprint density at radius 3 is 2.88 bits per heavy atom. The van der Waals surface area contributed by atoms with Crippen LogP contribution in [0.3, 0.4) is 0 Å². The Labute approximate surface area is 109 Å². The monoisotopic (exact) mass is 300 g/mol. The predicted molar refractivity (Wildman–Crippen MR) is 68.0 cm³/mol. The number of halogens is 1. The van der Waals surface area contributed by atoms with Gasteiger partial charge in [0.25, 0.3) is 0 Å². The molecule has 1 aliphatic carbocycles. The number of rotatable bonds is 5. The van der Waals surface area contributed by atoms with Crippen LogP contribution in [0, 0.1) is 5.92 Å². The van der Waals surface area contributed by atoms with Gasteiger partial charge in [-0.3, -0.25) is 9.48 Å². The Balaban J connectivity index is 1.87. The van der Waals surface area contributed by atoms with Crippen molar-refractivity contribution in [1.29, 1.82) is 0 Å². The van der Waals surface area contributed by atoms with Crippen LogP contribution in [0.5, 0.6) is 0 Å². The van der Waals surface area contributed by atoms with E-state index in [1.807, 2.05) is 6.92 Å². The van der Waals surface area contributed by atoms with Gasteiger partial charge in [0, 0.05) is 20.1 Å². The molecule has 1 heterocycles. The van der Waals surface area contributed by atoms with Crippen molar-refractivity contribution in [2.75, 3.05) is 6.61 Å². The molecule has 17 heavy (non-hydrogen) atoms. The highest BCUT2D eigenvalue weighted by Gasteiger charge is 2.32. The number of hydrogen-bond donors (Lipinski definition) is 0. The number of ether oxygens (including phenoxy) is 1. The molecular weight excluding hydrogens is 284 g/mol. The van der Waals surface area contributed by atoms with Gasteiger partial charge in [-0.1, -0.05) is 0 Å². The molecule has 0 amide bonds. The van der Waals surface area contributed by atoms with Crippen molar-refractivity contribution in [3.05, 3.63) is 16.4 Å². The highest BCUT2D eigenvalue weighted by atomic mass is 79.9. The van der Waals surface area contributed by atoms with Crippen LogP contribution in [0.1, 0.15) is 36.7 Å². The second-order valence-corrected chi connectivity index (χ2v) is 5.36. The van der Waals surface area contributed by atoms with E-state index in [4.69, 9.17) is 4.74 Å². The van der Waals surface area contributed by atoms with E-state index >= 15 is 0 Å². The first-order chi connectivity index (χ1) is 8.11. The Morgan fingerprint density at radius 2 is 2.35 bits per heavy atom. The van der Waals surface area contributed by atoms with Crippen molar-refractivity contribution in [3.8, 4) is 0 Å². The van der Waals surface area contributed by atoms with Crippen LogP contribution >= 0.6 is 15.9 Å². The lowest BCUT2D eigenvalue weighted by Crippen LogP contribution is -2.33. The normalized spacial score (nSPS) is 23.5. The maximum atomic E-state index is 12.1. The van der Waals surface area contributed by atoms with E-state index in [2.05, 4.69) is 21.0 Å². The zero-order chi connectivity index (χ0) is 12.4. The van der Waals surface area contributed by atoms with Crippen LogP contribution in [0.2, 0.25) is 0 Å². The molecule has 0 N–H and O–H groups in total. The Hall–Kier alpha value is -0.680. The molecule has 0 atom stereocenters. The maximum absolute atomic E-state index is 12.1. The van der Waals surface area contributed by atoms with Gasteiger partial charge in [-0.15, -0.1) is 0 Å². The quantitative estimate of drug-likeness (QED) is 0.785. The fourth-order valence-electron chi connectivity index (χ4n) is 2.30. The zero-order valence-corrected chi connectivity index (χ0v) is 11.7. The number of carbonyl (C=O) groups excluding carboxylic acids is 1. The van der Waals surface area contributed by atoms with Crippen molar-refractivity contribution in [3.63, 3.8) is 0 Å². The smallest absolute Gasteiger partial charge is 0.182 e. The van der Waals surface area contributed by atoms with Crippen LogP contribution in [-0.2, 0) is 11.8 Å². The third-order valence-corrected chi connectivity index (χ3v) is 3.81. The molecule has 0 bridgehead atoms. The van der Waals surface area contributed by atoms with Gasteiger partial charge in [0.05, 0.1) is 16.8 Å². The molecular formula is C12H17BrN2O2. The Morgan fingerprint density at radius 1 is 1.65 bits per heavy atom. The summed E-state index contributed by atoms with van der Waals surface area (Å²) in [6, 6.07) is 0.